The van der Waals surface area contributed by atoms with E-state index in [1.165, 1.54) is 0 Å². The van der Waals surface area contributed by atoms with Gasteiger partial charge in [-0.3, -0.25) is 4.90 Å². The maximum Gasteiger partial charge on any atom is 0.0618 e. The Labute approximate surface area is 62.1 Å². The molecule has 3 nitrogen and oxygen atoms in total. The minimum Gasteiger partial charge on any atom is -0.380 e. The Morgan fingerprint density at radius 2 is 2.30 bits per heavy atom. The molecule has 0 radical (unpaired) electrons. The number of hydrogen-bond donors (Lipinski definition) is 1. The van der Waals surface area contributed by atoms with Crippen LogP contribution in [0.15, 0.2) is 0 Å². The van der Waals surface area contributed by atoms with E-state index in [9.17, 15) is 0 Å². The first kappa shape index (κ1) is 7.98. The summed E-state index contributed by atoms with van der Waals surface area (Å²) in [6, 6.07) is 0. The summed E-state index contributed by atoms with van der Waals surface area (Å²) >= 11 is 0. The van der Waals surface area contributed by atoms with Crippen LogP contribution in [0.4, 0.5) is 0 Å². The van der Waals surface area contributed by atoms with Gasteiger partial charge in [0.2, 0.25) is 0 Å². The molecule has 0 aromatic carbocycles. The molecule has 60 valence electrons. The van der Waals surface area contributed by atoms with Crippen LogP contribution < -0.4 is 5.73 Å². The molecule has 0 aromatic heterocycles. The van der Waals surface area contributed by atoms with E-state index in [1.807, 2.05) is 7.05 Å². The van der Waals surface area contributed by atoms with Crippen LogP contribution in [0.2, 0.25) is 0 Å². The first-order valence-electron chi connectivity index (χ1n) is 3.75. The number of hydrogen-bond acceptors (Lipinski definition) is 3. The zero-order valence-electron chi connectivity index (χ0n) is 6.71. The molecule has 1 saturated heterocycles. The van der Waals surface area contributed by atoms with Gasteiger partial charge in [0.25, 0.3) is 0 Å². The van der Waals surface area contributed by atoms with Gasteiger partial charge in [-0.1, -0.05) is 6.92 Å². The first-order valence-corrected chi connectivity index (χ1v) is 3.75. The highest BCUT2D eigenvalue weighted by atomic mass is 16.5. The van der Waals surface area contributed by atoms with Crippen LogP contribution >= 0.6 is 0 Å². The molecular formula is C7H16N2O. The molecule has 1 aliphatic heterocycles. The van der Waals surface area contributed by atoms with Crippen molar-refractivity contribution in [3.8, 4) is 0 Å². The molecule has 0 bridgehead atoms. The van der Waals surface area contributed by atoms with Crippen molar-refractivity contribution in [1.29, 1.82) is 0 Å². The third kappa shape index (κ3) is 1.68. The third-order valence-corrected chi connectivity index (χ3v) is 2.06. The molecule has 0 aromatic rings. The van der Waals surface area contributed by atoms with Gasteiger partial charge >= 0.3 is 0 Å². The second-order valence-electron chi connectivity index (χ2n) is 3.02. The van der Waals surface area contributed by atoms with Crippen molar-refractivity contribution in [2.45, 2.75) is 13.1 Å². The average Bonchev–Trinajstić information content (AvgIpc) is 2.04. The molecule has 2 atom stereocenters. The van der Waals surface area contributed by atoms with E-state index in [1.54, 1.807) is 0 Å². The number of likely N-dealkylation sites (N-methyl/N-ethyl adjacent to an activating group) is 1. The highest BCUT2D eigenvalue weighted by Crippen LogP contribution is 2.08. The molecule has 1 aliphatic rings. The molecular weight excluding hydrogens is 128 g/mol. The van der Waals surface area contributed by atoms with Crippen molar-refractivity contribution in [3.63, 3.8) is 0 Å². The van der Waals surface area contributed by atoms with Crippen molar-refractivity contribution in [3.05, 3.63) is 0 Å². The fourth-order valence-corrected chi connectivity index (χ4v) is 1.16. The van der Waals surface area contributed by atoms with Gasteiger partial charge in [-0.2, -0.15) is 0 Å². The van der Waals surface area contributed by atoms with Gasteiger partial charge in [0.1, 0.15) is 0 Å². The summed E-state index contributed by atoms with van der Waals surface area (Å²) in [7, 11) is 2.04. The highest BCUT2D eigenvalue weighted by Gasteiger charge is 2.20. The lowest BCUT2D eigenvalue weighted by Gasteiger charge is -2.24. The molecule has 2 unspecified atom stereocenters. The van der Waals surface area contributed by atoms with E-state index < -0.39 is 0 Å². The van der Waals surface area contributed by atoms with E-state index in [4.69, 9.17) is 10.5 Å². The van der Waals surface area contributed by atoms with Crippen molar-refractivity contribution in [1.82, 2.24) is 4.90 Å². The monoisotopic (exact) mass is 144 g/mol. The lowest BCUT2D eigenvalue weighted by atomic mass is 10.1. The average molecular weight is 144 g/mol. The van der Waals surface area contributed by atoms with Crippen LogP contribution in [-0.2, 0) is 4.74 Å². The molecule has 0 amide bonds. The van der Waals surface area contributed by atoms with Gasteiger partial charge in [0.15, 0.2) is 0 Å². The van der Waals surface area contributed by atoms with Crippen molar-refractivity contribution >= 4 is 0 Å². The Balaban J connectivity index is 2.46. The summed E-state index contributed by atoms with van der Waals surface area (Å²) in [5, 5.41) is 0. The standard InChI is InChI=1S/C7H16N2O/c1-6-5-10-4-3-9(2)7(6)8/h6-7H,3-5,8H2,1-2H3. The quantitative estimate of drug-likeness (QED) is 0.514. The van der Waals surface area contributed by atoms with Crippen LogP contribution in [0.1, 0.15) is 6.92 Å². The first-order chi connectivity index (χ1) is 4.72. The minimum atomic E-state index is 0.169. The predicted octanol–water partition coefficient (Wildman–Crippen LogP) is -0.131. The van der Waals surface area contributed by atoms with Gasteiger partial charge in [0, 0.05) is 12.5 Å². The van der Waals surface area contributed by atoms with Gasteiger partial charge in [0.05, 0.1) is 19.4 Å². The zero-order chi connectivity index (χ0) is 7.56. The van der Waals surface area contributed by atoms with E-state index in [0.717, 1.165) is 19.8 Å². The number of nitrogens with two attached hydrogens (primary N) is 1. The predicted molar refractivity (Wildman–Crippen MR) is 40.6 cm³/mol. The summed E-state index contributed by atoms with van der Waals surface area (Å²) in [6.45, 7) is 4.68. The Hall–Kier alpha value is -0.120. The molecule has 10 heavy (non-hydrogen) atoms. The van der Waals surface area contributed by atoms with Gasteiger partial charge in [-0.25, -0.2) is 0 Å². The van der Waals surface area contributed by atoms with Crippen LogP contribution in [-0.4, -0.2) is 37.9 Å². The van der Waals surface area contributed by atoms with Crippen molar-refractivity contribution in [2.24, 2.45) is 11.7 Å². The summed E-state index contributed by atoms with van der Waals surface area (Å²) in [6.07, 6.45) is 0.169. The third-order valence-electron chi connectivity index (χ3n) is 2.06. The van der Waals surface area contributed by atoms with Crippen LogP contribution in [0.25, 0.3) is 0 Å². The molecule has 3 heteroatoms. The van der Waals surface area contributed by atoms with Gasteiger partial charge in [-0.05, 0) is 7.05 Å². The van der Waals surface area contributed by atoms with Gasteiger partial charge < -0.3 is 10.5 Å². The summed E-state index contributed by atoms with van der Waals surface area (Å²) in [4.78, 5) is 2.14. The summed E-state index contributed by atoms with van der Waals surface area (Å²) in [5.74, 6) is 0.451. The Kier molecular flexibility index (Phi) is 2.65. The fourth-order valence-electron chi connectivity index (χ4n) is 1.16. The normalized spacial score (nSPS) is 37.5. The smallest absolute Gasteiger partial charge is 0.0618 e. The second kappa shape index (κ2) is 3.32. The molecule has 2 N–H and O–H groups in total. The number of nitrogens with zero attached hydrogens (tertiary/aromatic N) is 1. The SMILES string of the molecule is CC1COCCN(C)C1N. The Bertz CT molecular complexity index is 95.8. The molecule has 1 heterocycles. The van der Waals surface area contributed by atoms with Crippen molar-refractivity contribution < 1.29 is 4.74 Å². The summed E-state index contributed by atoms with van der Waals surface area (Å²) < 4.78 is 5.33. The van der Waals surface area contributed by atoms with Crippen LogP contribution in [0, 0.1) is 5.92 Å². The molecule has 0 saturated carbocycles. The second-order valence-corrected chi connectivity index (χ2v) is 3.02. The maximum atomic E-state index is 5.87. The van der Waals surface area contributed by atoms with E-state index >= 15 is 0 Å². The van der Waals surface area contributed by atoms with E-state index in [-0.39, 0.29) is 6.17 Å². The molecule has 0 spiro atoms. The van der Waals surface area contributed by atoms with Crippen molar-refractivity contribution in [2.75, 3.05) is 26.8 Å². The Morgan fingerprint density at radius 1 is 1.60 bits per heavy atom. The van der Waals surface area contributed by atoms with Crippen LogP contribution in [0.3, 0.4) is 0 Å². The number of rotatable bonds is 0. The topological polar surface area (TPSA) is 38.5 Å². The van der Waals surface area contributed by atoms with Crippen LogP contribution in [0.5, 0.6) is 0 Å². The highest BCUT2D eigenvalue weighted by molar-refractivity contribution is 4.70. The summed E-state index contributed by atoms with van der Waals surface area (Å²) in [5.41, 5.74) is 5.87. The maximum absolute atomic E-state index is 5.87. The molecule has 0 aliphatic carbocycles. The largest absolute Gasteiger partial charge is 0.380 e. The van der Waals surface area contributed by atoms with E-state index in [2.05, 4.69) is 11.8 Å². The lowest BCUT2D eigenvalue weighted by molar-refractivity contribution is 0.123. The zero-order valence-corrected chi connectivity index (χ0v) is 6.71. The molecule has 1 rings (SSSR count). The molecule has 1 fully saturated rings. The lowest BCUT2D eigenvalue weighted by Crippen LogP contribution is -2.44. The van der Waals surface area contributed by atoms with Gasteiger partial charge in [-0.15, -0.1) is 0 Å². The van der Waals surface area contributed by atoms with E-state index in [0.29, 0.717) is 5.92 Å². The minimum absolute atomic E-state index is 0.169. The Morgan fingerprint density at radius 3 is 3.00 bits per heavy atom. The number of ether oxygens (including phenoxy) is 1. The fraction of sp³-hybridized carbons (Fsp3) is 1.00.